The van der Waals surface area contributed by atoms with Crippen LogP contribution in [0.5, 0.6) is 0 Å². The Morgan fingerprint density at radius 3 is 2.80 bits per heavy atom. The molecule has 1 fully saturated rings. The van der Waals surface area contributed by atoms with Crippen LogP contribution in [0, 0.1) is 5.92 Å². The summed E-state index contributed by atoms with van der Waals surface area (Å²) in [6.07, 6.45) is 1.88. The lowest BCUT2D eigenvalue weighted by molar-refractivity contribution is -0.132. The maximum absolute atomic E-state index is 12.4. The van der Waals surface area contributed by atoms with Crippen molar-refractivity contribution in [3.8, 4) is 0 Å². The van der Waals surface area contributed by atoms with E-state index in [9.17, 15) is 9.59 Å². The van der Waals surface area contributed by atoms with Crippen molar-refractivity contribution in [1.29, 1.82) is 0 Å². The molecule has 6 heteroatoms. The zero-order chi connectivity index (χ0) is 17.6. The summed E-state index contributed by atoms with van der Waals surface area (Å²) >= 11 is 0. The van der Waals surface area contributed by atoms with Crippen molar-refractivity contribution in [3.05, 3.63) is 35.9 Å². The predicted octanol–water partition coefficient (Wildman–Crippen LogP) is 1.62. The Labute approximate surface area is 148 Å². The summed E-state index contributed by atoms with van der Waals surface area (Å²) in [6.45, 7) is 6.47. The zero-order valence-corrected chi connectivity index (χ0v) is 14.8. The van der Waals surface area contributed by atoms with Crippen LogP contribution < -0.4 is 5.32 Å². The van der Waals surface area contributed by atoms with Crippen molar-refractivity contribution < 1.29 is 9.59 Å². The summed E-state index contributed by atoms with van der Waals surface area (Å²) in [5.41, 5.74) is 1.47. The Bertz CT molecular complexity index is 644. The van der Waals surface area contributed by atoms with Gasteiger partial charge >= 0.3 is 0 Å². The molecule has 1 saturated heterocycles. The SMILES string of the molecule is CCN1CCC(CNC(=O)C2=NN(Cc3ccccc3)C(=O)CC2)C1. The molecule has 1 aromatic rings. The molecule has 1 N–H and O–H groups in total. The molecule has 0 spiro atoms. The number of nitrogens with zero attached hydrogens (tertiary/aromatic N) is 3. The van der Waals surface area contributed by atoms with Crippen molar-refractivity contribution in [2.75, 3.05) is 26.2 Å². The normalized spacial score (nSPS) is 21.3. The van der Waals surface area contributed by atoms with E-state index in [2.05, 4.69) is 22.2 Å². The van der Waals surface area contributed by atoms with E-state index >= 15 is 0 Å². The Morgan fingerprint density at radius 2 is 2.08 bits per heavy atom. The van der Waals surface area contributed by atoms with Gasteiger partial charge in [-0.3, -0.25) is 9.59 Å². The molecule has 0 radical (unpaired) electrons. The number of carbonyl (C=O) groups excluding carboxylic acids is 2. The topological polar surface area (TPSA) is 65.0 Å². The van der Waals surface area contributed by atoms with Crippen LogP contribution >= 0.6 is 0 Å². The van der Waals surface area contributed by atoms with E-state index in [0.29, 0.717) is 37.6 Å². The summed E-state index contributed by atoms with van der Waals surface area (Å²) in [5.74, 6) is 0.338. The van der Waals surface area contributed by atoms with Crippen LogP contribution in [0.15, 0.2) is 35.4 Å². The lowest BCUT2D eigenvalue weighted by Gasteiger charge is -2.23. The molecule has 1 unspecified atom stereocenters. The van der Waals surface area contributed by atoms with Gasteiger partial charge in [-0.2, -0.15) is 5.10 Å². The van der Waals surface area contributed by atoms with Crippen LogP contribution in [0.3, 0.4) is 0 Å². The fourth-order valence-corrected chi connectivity index (χ4v) is 3.35. The highest BCUT2D eigenvalue weighted by Crippen LogP contribution is 2.16. The first-order chi connectivity index (χ1) is 12.2. The number of likely N-dealkylation sites (tertiary alicyclic amines) is 1. The van der Waals surface area contributed by atoms with Gasteiger partial charge < -0.3 is 10.2 Å². The Hall–Kier alpha value is -2.21. The number of amides is 2. The van der Waals surface area contributed by atoms with Gasteiger partial charge in [0.2, 0.25) is 5.91 Å². The minimum absolute atomic E-state index is 0.0326. The third-order valence-electron chi connectivity index (χ3n) is 4.91. The average molecular weight is 342 g/mol. The van der Waals surface area contributed by atoms with E-state index < -0.39 is 0 Å². The molecule has 134 valence electrons. The second-order valence-corrected chi connectivity index (χ2v) is 6.74. The van der Waals surface area contributed by atoms with Crippen LogP contribution in [-0.4, -0.2) is 53.6 Å². The summed E-state index contributed by atoms with van der Waals surface area (Å²) in [6, 6.07) is 9.71. The molecule has 2 heterocycles. The maximum Gasteiger partial charge on any atom is 0.267 e. The first-order valence-corrected chi connectivity index (χ1v) is 9.08. The molecule has 0 bridgehead atoms. The maximum atomic E-state index is 12.4. The first kappa shape index (κ1) is 17.6. The van der Waals surface area contributed by atoms with E-state index in [1.54, 1.807) is 0 Å². The van der Waals surface area contributed by atoms with Crippen molar-refractivity contribution >= 4 is 17.5 Å². The van der Waals surface area contributed by atoms with E-state index in [1.807, 2.05) is 30.3 Å². The Morgan fingerprint density at radius 1 is 1.28 bits per heavy atom. The highest BCUT2D eigenvalue weighted by molar-refractivity contribution is 6.39. The van der Waals surface area contributed by atoms with E-state index in [1.165, 1.54) is 5.01 Å². The highest BCUT2D eigenvalue weighted by atomic mass is 16.2. The van der Waals surface area contributed by atoms with Gasteiger partial charge in [-0.05, 0) is 31.0 Å². The predicted molar refractivity (Wildman–Crippen MR) is 96.9 cm³/mol. The van der Waals surface area contributed by atoms with Gasteiger partial charge in [0.25, 0.3) is 5.91 Å². The van der Waals surface area contributed by atoms with Crippen LogP contribution in [0.4, 0.5) is 0 Å². The molecule has 2 aliphatic heterocycles. The van der Waals surface area contributed by atoms with Gasteiger partial charge in [-0.25, -0.2) is 5.01 Å². The third kappa shape index (κ3) is 4.66. The number of nitrogens with one attached hydrogen (secondary N) is 1. The fourth-order valence-electron chi connectivity index (χ4n) is 3.35. The molecule has 1 aromatic carbocycles. The summed E-state index contributed by atoms with van der Waals surface area (Å²) in [5, 5.41) is 8.73. The molecular formula is C19H26N4O2. The van der Waals surface area contributed by atoms with Gasteiger partial charge in [0.1, 0.15) is 5.71 Å². The Kier molecular flexibility index (Phi) is 5.81. The number of carbonyl (C=O) groups is 2. The monoisotopic (exact) mass is 342 g/mol. The molecule has 6 nitrogen and oxygen atoms in total. The molecule has 0 aliphatic carbocycles. The van der Waals surface area contributed by atoms with Crippen LogP contribution in [0.1, 0.15) is 31.7 Å². The minimum atomic E-state index is -0.138. The molecule has 2 aliphatic rings. The molecule has 0 saturated carbocycles. The zero-order valence-electron chi connectivity index (χ0n) is 14.8. The van der Waals surface area contributed by atoms with Crippen LogP contribution in [0.2, 0.25) is 0 Å². The number of hydrogen-bond acceptors (Lipinski definition) is 4. The number of benzene rings is 1. The van der Waals surface area contributed by atoms with E-state index in [0.717, 1.165) is 31.6 Å². The van der Waals surface area contributed by atoms with Crippen LogP contribution in [0.25, 0.3) is 0 Å². The van der Waals surface area contributed by atoms with Gasteiger partial charge in [0, 0.05) is 25.9 Å². The van der Waals surface area contributed by atoms with Gasteiger partial charge in [-0.15, -0.1) is 0 Å². The minimum Gasteiger partial charge on any atom is -0.351 e. The lowest BCUT2D eigenvalue weighted by Crippen LogP contribution is -2.40. The van der Waals surface area contributed by atoms with Crippen molar-refractivity contribution in [2.24, 2.45) is 11.0 Å². The summed E-state index contributed by atoms with van der Waals surface area (Å²) < 4.78 is 0. The van der Waals surface area contributed by atoms with Gasteiger partial charge in [0.15, 0.2) is 0 Å². The Balaban J connectivity index is 1.56. The summed E-state index contributed by atoms with van der Waals surface area (Å²) in [7, 11) is 0. The van der Waals surface area contributed by atoms with Gasteiger partial charge in [0.05, 0.1) is 6.54 Å². The van der Waals surface area contributed by atoms with E-state index in [-0.39, 0.29) is 11.8 Å². The van der Waals surface area contributed by atoms with Crippen LogP contribution in [-0.2, 0) is 16.1 Å². The molecule has 1 atom stereocenters. The van der Waals surface area contributed by atoms with Crippen molar-refractivity contribution in [1.82, 2.24) is 15.2 Å². The fraction of sp³-hybridized carbons (Fsp3) is 0.526. The molecule has 0 aromatic heterocycles. The standard InChI is InChI=1S/C19H26N4O2/c1-2-22-11-10-16(13-22)12-20-19(25)17-8-9-18(24)23(21-17)14-15-6-4-3-5-7-15/h3-7,16H,2,8-14H2,1H3,(H,20,25). The smallest absolute Gasteiger partial charge is 0.267 e. The average Bonchev–Trinajstić information content (AvgIpc) is 3.10. The van der Waals surface area contributed by atoms with Crippen molar-refractivity contribution in [2.45, 2.75) is 32.7 Å². The first-order valence-electron chi connectivity index (χ1n) is 9.08. The molecule has 3 rings (SSSR count). The number of rotatable bonds is 6. The second-order valence-electron chi connectivity index (χ2n) is 6.74. The number of hydrogen-bond donors (Lipinski definition) is 1. The van der Waals surface area contributed by atoms with Gasteiger partial charge in [-0.1, -0.05) is 37.3 Å². The van der Waals surface area contributed by atoms with Crippen molar-refractivity contribution in [3.63, 3.8) is 0 Å². The molecular weight excluding hydrogens is 316 g/mol. The quantitative estimate of drug-likeness (QED) is 0.854. The molecule has 25 heavy (non-hydrogen) atoms. The highest BCUT2D eigenvalue weighted by Gasteiger charge is 2.26. The largest absolute Gasteiger partial charge is 0.351 e. The second kappa shape index (κ2) is 8.25. The van der Waals surface area contributed by atoms with E-state index in [4.69, 9.17) is 0 Å². The molecule has 2 amide bonds. The summed E-state index contributed by atoms with van der Waals surface area (Å²) in [4.78, 5) is 26.9. The number of hydrazone groups is 1. The lowest BCUT2D eigenvalue weighted by atomic mass is 10.1. The third-order valence-corrected chi connectivity index (χ3v) is 4.91.